The second-order valence-corrected chi connectivity index (χ2v) is 11.6. The van der Waals surface area contributed by atoms with Crippen LogP contribution in [-0.2, 0) is 13.6 Å². The summed E-state index contributed by atoms with van der Waals surface area (Å²) >= 11 is 0. The van der Waals surface area contributed by atoms with Crippen LogP contribution in [0.1, 0.15) is 6.42 Å². The van der Waals surface area contributed by atoms with Crippen LogP contribution in [-0.4, -0.2) is 43.3 Å². The van der Waals surface area contributed by atoms with E-state index in [-0.39, 0.29) is 0 Å². The third-order valence-corrected chi connectivity index (χ3v) is 7.66. The van der Waals surface area contributed by atoms with E-state index in [1.54, 1.807) is 0 Å². The number of rotatable bonds is 8. The number of ether oxygens (including phenoxy) is 2. The Morgan fingerprint density at radius 2 is 2.07 bits per heavy atom. The van der Waals surface area contributed by atoms with Crippen LogP contribution in [0.3, 0.4) is 0 Å². The number of hydrogen-bond donors (Lipinski definition) is 0. The molecule has 0 amide bonds. The molecule has 1 radical (unpaired) electrons. The Bertz CT molecular complexity index is 182. The molecule has 1 fully saturated rings. The van der Waals surface area contributed by atoms with E-state index < -0.39 is 17.4 Å². The summed E-state index contributed by atoms with van der Waals surface area (Å²) in [6.07, 6.45) is 1.52. The third kappa shape index (κ3) is 7.24. The fourth-order valence-corrected chi connectivity index (χ4v) is 7.41. The highest BCUT2D eigenvalue weighted by Crippen LogP contribution is 2.15. The van der Waals surface area contributed by atoms with Crippen LogP contribution < -0.4 is 0 Å². The van der Waals surface area contributed by atoms with Gasteiger partial charge in [0, 0.05) is 6.61 Å². The van der Waals surface area contributed by atoms with Crippen molar-refractivity contribution in [1.29, 1.82) is 0 Å². The van der Waals surface area contributed by atoms with Gasteiger partial charge in [0.1, 0.15) is 6.10 Å². The van der Waals surface area contributed by atoms with Crippen LogP contribution in [0.4, 0.5) is 0 Å². The van der Waals surface area contributed by atoms with Crippen molar-refractivity contribution in [2.75, 3.05) is 19.8 Å². The Labute approximate surface area is 96.0 Å². The normalized spacial score (nSPS) is 21.0. The lowest BCUT2D eigenvalue weighted by atomic mass is 10.5. The van der Waals surface area contributed by atoms with Crippen molar-refractivity contribution in [3.8, 4) is 0 Å². The van der Waals surface area contributed by atoms with Crippen LogP contribution in [0.15, 0.2) is 0 Å². The van der Waals surface area contributed by atoms with Gasteiger partial charge in [0.2, 0.25) is 0 Å². The van der Waals surface area contributed by atoms with E-state index >= 15 is 0 Å². The van der Waals surface area contributed by atoms with Crippen molar-refractivity contribution < 1.29 is 13.6 Å². The highest BCUT2D eigenvalue weighted by molar-refractivity contribution is 6.77. The molecule has 0 spiro atoms. The van der Waals surface area contributed by atoms with E-state index in [0.29, 0.717) is 6.10 Å². The molecule has 1 aliphatic heterocycles. The molecule has 0 aromatic carbocycles. The fraction of sp³-hybridized carbons (Fsp3) is 1.00. The van der Waals surface area contributed by atoms with Crippen LogP contribution in [0.2, 0.25) is 32.2 Å². The Hall–Kier alpha value is 0.314. The van der Waals surface area contributed by atoms with Gasteiger partial charge in [-0.3, -0.25) is 0 Å². The highest BCUT2D eigenvalue weighted by Gasteiger charge is 2.24. The van der Waals surface area contributed by atoms with Crippen LogP contribution in [0.5, 0.6) is 0 Å². The third-order valence-electron chi connectivity index (χ3n) is 2.25. The van der Waals surface area contributed by atoms with Gasteiger partial charge in [-0.1, -0.05) is 0 Å². The van der Waals surface area contributed by atoms with Gasteiger partial charge in [-0.15, -0.1) is 0 Å². The lowest BCUT2D eigenvalue weighted by Gasteiger charge is -2.25. The van der Waals surface area contributed by atoms with Gasteiger partial charge in [0.25, 0.3) is 0 Å². The van der Waals surface area contributed by atoms with Crippen molar-refractivity contribution in [2.24, 2.45) is 0 Å². The molecule has 0 bridgehead atoms. The molecule has 1 aliphatic rings. The predicted octanol–water partition coefficient (Wildman–Crippen LogP) is 2.26. The van der Waals surface area contributed by atoms with E-state index in [0.717, 1.165) is 26.2 Å². The molecule has 15 heavy (non-hydrogen) atoms. The van der Waals surface area contributed by atoms with Gasteiger partial charge in [0.15, 0.2) is 17.4 Å². The minimum absolute atomic E-state index is 0.396. The van der Waals surface area contributed by atoms with Crippen molar-refractivity contribution >= 4 is 17.4 Å². The summed E-state index contributed by atoms with van der Waals surface area (Å²) in [5.41, 5.74) is 0. The molecule has 5 heteroatoms. The van der Waals surface area contributed by atoms with E-state index in [2.05, 4.69) is 26.2 Å². The summed E-state index contributed by atoms with van der Waals surface area (Å²) in [4.78, 5) is 0. The molecule has 1 atom stereocenters. The van der Waals surface area contributed by atoms with Crippen molar-refractivity contribution in [2.45, 2.75) is 44.8 Å². The molecule has 0 N–H and O–H groups in total. The van der Waals surface area contributed by atoms with Crippen molar-refractivity contribution in [3.63, 3.8) is 0 Å². The first kappa shape index (κ1) is 13.4. The van der Waals surface area contributed by atoms with Crippen LogP contribution in [0, 0.1) is 0 Å². The largest absolute Gasteiger partial charge is 0.456 e. The van der Waals surface area contributed by atoms with Gasteiger partial charge in [-0.05, 0) is 38.7 Å². The van der Waals surface area contributed by atoms with Crippen molar-refractivity contribution in [3.05, 3.63) is 0 Å². The summed E-state index contributed by atoms with van der Waals surface area (Å²) in [6, 6.07) is 1.20. The lowest BCUT2D eigenvalue weighted by molar-refractivity contribution is 0.116. The molecule has 89 valence electrons. The van der Waals surface area contributed by atoms with Gasteiger partial charge < -0.3 is 13.6 Å². The summed E-state index contributed by atoms with van der Waals surface area (Å²) in [5, 5.41) is 0. The van der Waals surface area contributed by atoms with E-state index in [4.69, 9.17) is 13.6 Å². The van der Waals surface area contributed by atoms with Crippen LogP contribution in [0.25, 0.3) is 0 Å². The molecular weight excluding hydrogens is 224 g/mol. The first-order valence-electron chi connectivity index (χ1n) is 5.68. The lowest BCUT2D eigenvalue weighted by Crippen LogP contribution is -2.35. The summed E-state index contributed by atoms with van der Waals surface area (Å²) in [7, 11) is -1.93. The second kappa shape index (κ2) is 6.15. The average Bonchev–Trinajstić information content (AvgIpc) is 2.84. The van der Waals surface area contributed by atoms with Gasteiger partial charge in [-0.2, -0.15) is 0 Å². The molecule has 0 aliphatic carbocycles. The summed E-state index contributed by atoms with van der Waals surface area (Å²) < 4.78 is 16.6. The average molecular weight is 247 g/mol. The smallest absolute Gasteiger partial charge is 0.191 e. The number of epoxide rings is 1. The highest BCUT2D eigenvalue weighted by atomic mass is 28.4. The quantitative estimate of drug-likeness (QED) is 0.374. The summed E-state index contributed by atoms with van der Waals surface area (Å²) in [5.74, 6) is 0. The SMILES string of the molecule is C[Si](C)O[Si](C)(C)CCCOCC1CO1. The topological polar surface area (TPSA) is 31.0 Å². The van der Waals surface area contributed by atoms with Gasteiger partial charge >= 0.3 is 0 Å². The maximum absolute atomic E-state index is 6.04. The van der Waals surface area contributed by atoms with Crippen LogP contribution >= 0.6 is 0 Å². The minimum atomic E-state index is -1.39. The Morgan fingerprint density at radius 1 is 1.40 bits per heavy atom. The zero-order chi connectivity index (χ0) is 11.3. The first-order chi connectivity index (χ1) is 6.99. The molecule has 0 saturated carbocycles. The van der Waals surface area contributed by atoms with Gasteiger partial charge in [-0.25, -0.2) is 0 Å². The molecule has 0 aromatic rings. The standard InChI is InChI=1S/C10H23O3Si2/c1-14(2)13-15(3,4)7-5-6-11-8-10-9-12-10/h10H,5-9H2,1-4H3. The van der Waals surface area contributed by atoms with Gasteiger partial charge in [0.05, 0.1) is 13.2 Å². The predicted molar refractivity (Wildman–Crippen MR) is 66.0 cm³/mol. The fourth-order valence-electron chi connectivity index (χ4n) is 1.58. The van der Waals surface area contributed by atoms with E-state index in [1.165, 1.54) is 6.04 Å². The second-order valence-electron chi connectivity index (χ2n) is 4.90. The number of hydrogen-bond acceptors (Lipinski definition) is 3. The molecule has 3 nitrogen and oxygen atoms in total. The Balaban J connectivity index is 1.96. The zero-order valence-corrected chi connectivity index (χ0v) is 12.3. The minimum Gasteiger partial charge on any atom is -0.456 e. The molecule has 1 rings (SSSR count). The molecule has 1 saturated heterocycles. The molecule has 1 heterocycles. The maximum atomic E-state index is 6.04. The summed E-state index contributed by atoms with van der Waals surface area (Å²) in [6.45, 7) is 11.5. The molecule has 1 unspecified atom stereocenters. The van der Waals surface area contributed by atoms with E-state index in [1.807, 2.05) is 0 Å². The maximum Gasteiger partial charge on any atom is 0.191 e. The van der Waals surface area contributed by atoms with E-state index in [9.17, 15) is 0 Å². The Kier molecular flexibility index (Phi) is 5.48. The molecular formula is C10H23O3Si2. The zero-order valence-electron chi connectivity index (χ0n) is 10.3. The molecule has 0 aromatic heterocycles. The Morgan fingerprint density at radius 3 is 2.60 bits per heavy atom. The monoisotopic (exact) mass is 247 g/mol. The first-order valence-corrected chi connectivity index (χ1v) is 11.2. The van der Waals surface area contributed by atoms with Crippen molar-refractivity contribution in [1.82, 2.24) is 0 Å².